The maximum Gasteiger partial charge on any atom is 0.255 e. The molecule has 2 aromatic carbocycles. The fourth-order valence-electron chi connectivity index (χ4n) is 8.01. The van der Waals surface area contributed by atoms with Gasteiger partial charge in [-0.05, 0) is 90.0 Å². The number of halogens is 1. The summed E-state index contributed by atoms with van der Waals surface area (Å²) < 4.78 is 0. The molecule has 3 fully saturated rings. The number of imide groups is 1. The molecule has 7 rings (SSSR count). The summed E-state index contributed by atoms with van der Waals surface area (Å²) in [5.41, 5.74) is 6.45. The minimum atomic E-state index is -0.661. The minimum absolute atomic E-state index is 0.00269. The fraction of sp³-hybridized carbons (Fsp3) is 0.486. The number of hydrogen-bond acceptors (Lipinski definition) is 5. The topological polar surface area (TPSA) is 90.0 Å². The van der Waals surface area contributed by atoms with E-state index in [0.717, 1.165) is 56.2 Å². The molecule has 3 unspecified atom stereocenters. The summed E-state index contributed by atoms with van der Waals surface area (Å²) >= 11 is 6.19. The number of piperidine rings is 1. The average Bonchev–Trinajstić information content (AvgIpc) is 3.65. The van der Waals surface area contributed by atoms with Crippen molar-refractivity contribution < 1.29 is 19.2 Å². The highest BCUT2D eigenvalue weighted by Crippen LogP contribution is 2.44. The number of nitrogens with one attached hydrogen (secondary N) is 1. The smallest absolute Gasteiger partial charge is 0.255 e. The van der Waals surface area contributed by atoms with Crippen LogP contribution in [0.3, 0.4) is 0 Å². The van der Waals surface area contributed by atoms with Gasteiger partial charge in [0.05, 0.1) is 0 Å². The molecule has 1 aliphatic carbocycles. The maximum atomic E-state index is 13.6. The number of benzene rings is 2. The van der Waals surface area contributed by atoms with Gasteiger partial charge in [-0.15, -0.1) is 0 Å². The third-order valence-corrected chi connectivity index (χ3v) is 10.7. The number of amides is 4. The Kier molecular flexibility index (Phi) is 7.40. The van der Waals surface area contributed by atoms with E-state index in [1.165, 1.54) is 22.5 Å². The molecule has 5 aliphatic rings. The van der Waals surface area contributed by atoms with Gasteiger partial charge >= 0.3 is 0 Å². The highest BCUT2D eigenvalue weighted by atomic mass is 35.5. The van der Waals surface area contributed by atoms with E-state index in [0.29, 0.717) is 29.4 Å². The first-order valence-corrected chi connectivity index (χ1v) is 16.2. The van der Waals surface area contributed by atoms with Crippen molar-refractivity contribution in [2.75, 3.05) is 32.7 Å². The highest BCUT2D eigenvalue weighted by molar-refractivity contribution is 6.30. The maximum absolute atomic E-state index is 13.6. The van der Waals surface area contributed by atoms with Gasteiger partial charge in [0.2, 0.25) is 11.8 Å². The zero-order chi connectivity index (χ0) is 30.7. The molecule has 0 radical (unpaired) electrons. The van der Waals surface area contributed by atoms with Crippen LogP contribution in [0.1, 0.15) is 77.8 Å². The number of likely N-dealkylation sites (tertiary alicyclic amines) is 2. The van der Waals surface area contributed by atoms with Crippen molar-refractivity contribution in [1.29, 1.82) is 0 Å². The Morgan fingerprint density at radius 3 is 2.41 bits per heavy atom. The van der Waals surface area contributed by atoms with E-state index in [1.807, 2.05) is 23.1 Å². The summed E-state index contributed by atoms with van der Waals surface area (Å²) in [6.45, 7) is 9.45. The van der Waals surface area contributed by atoms with Crippen LogP contribution < -0.4 is 5.32 Å². The third-order valence-electron chi connectivity index (χ3n) is 10.4. The van der Waals surface area contributed by atoms with Gasteiger partial charge in [0.15, 0.2) is 0 Å². The van der Waals surface area contributed by atoms with Gasteiger partial charge in [0, 0.05) is 61.8 Å². The van der Waals surface area contributed by atoms with Crippen LogP contribution in [0.4, 0.5) is 0 Å². The van der Waals surface area contributed by atoms with Gasteiger partial charge in [-0.1, -0.05) is 43.2 Å². The molecule has 0 aromatic heterocycles. The summed E-state index contributed by atoms with van der Waals surface area (Å²) in [6, 6.07) is 12.9. The lowest BCUT2D eigenvalue weighted by Gasteiger charge is -2.35. The second kappa shape index (κ2) is 11.1. The van der Waals surface area contributed by atoms with E-state index in [2.05, 4.69) is 36.2 Å². The van der Waals surface area contributed by atoms with E-state index >= 15 is 0 Å². The number of carbonyl (C=O) groups is 4. The molecule has 1 N–H and O–H groups in total. The molecule has 230 valence electrons. The van der Waals surface area contributed by atoms with E-state index in [-0.39, 0.29) is 36.1 Å². The summed E-state index contributed by atoms with van der Waals surface area (Å²) in [6.07, 6.45) is 3.92. The average molecular weight is 615 g/mol. The predicted octanol–water partition coefficient (Wildman–Crippen LogP) is 4.77. The molecule has 3 atom stereocenters. The van der Waals surface area contributed by atoms with Crippen molar-refractivity contribution in [3.05, 3.63) is 75.3 Å². The molecular weight excluding hydrogens is 576 g/mol. The standard InChI is InChI=1S/C35H39ClN4O4/c1-35(2)12-11-23(29(14-35)21-3-6-27(36)7-4-21)15-38-16-25-18-39(19-26(25)17-38)33(43)22-5-8-28-24(13-22)20-40(34(28)44)30-9-10-31(41)37-32(30)42/h3-8,13,25-26,30H,9-12,14-20H2,1-2H3,(H,37,41,42). The Hall–Kier alpha value is -3.49. The minimum Gasteiger partial charge on any atom is -0.338 e. The van der Waals surface area contributed by atoms with Crippen LogP contribution in [0.5, 0.6) is 0 Å². The molecular formula is C35H39ClN4O4. The van der Waals surface area contributed by atoms with Crippen LogP contribution in [0.15, 0.2) is 48.0 Å². The van der Waals surface area contributed by atoms with Gasteiger partial charge < -0.3 is 9.80 Å². The van der Waals surface area contributed by atoms with Crippen molar-refractivity contribution in [2.45, 2.75) is 58.5 Å². The van der Waals surface area contributed by atoms with Crippen LogP contribution in [0.25, 0.3) is 5.57 Å². The quantitative estimate of drug-likeness (QED) is 0.490. The van der Waals surface area contributed by atoms with E-state index in [4.69, 9.17) is 11.6 Å². The molecule has 0 saturated carbocycles. The Morgan fingerprint density at radius 2 is 1.70 bits per heavy atom. The van der Waals surface area contributed by atoms with Gasteiger partial charge in [-0.25, -0.2) is 0 Å². The fourth-order valence-corrected chi connectivity index (χ4v) is 8.13. The monoisotopic (exact) mass is 614 g/mol. The normalized spacial score (nSPS) is 26.7. The SMILES string of the molecule is CC1(C)CCC(CN2CC3CN(C(=O)c4ccc5c(c4)CN(C4CCC(=O)NC4=O)C5=O)CC3C2)=C(c2ccc(Cl)cc2)C1. The van der Waals surface area contributed by atoms with Crippen molar-refractivity contribution >= 4 is 40.8 Å². The molecule has 0 bridgehead atoms. The highest BCUT2D eigenvalue weighted by Gasteiger charge is 2.43. The molecule has 4 aliphatic heterocycles. The number of hydrogen-bond donors (Lipinski definition) is 1. The first-order chi connectivity index (χ1) is 21.0. The first-order valence-electron chi connectivity index (χ1n) is 15.8. The first kappa shape index (κ1) is 29.2. The van der Waals surface area contributed by atoms with Crippen molar-refractivity contribution in [3.63, 3.8) is 0 Å². The molecule has 9 heteroatoms. The second-order valence-corrected chi connectivity index (χ2v) is 14.6. The molecule has 3 saturated heterocycles. The Labute approximate surface area is 263 Å². The molecule has 2 aromatic rings. The Balaban J connectivity index is 0.995. The van der Waals surface area contributed by atoms with Crippen LogP contribution >= 0.6 is 11.6 Å². The molecule has 4 heterocycles. The van der Waals surface area contributed by atoms with E-state index in [9.17, 15) is 19.2 Å². The Morgan fingerprint density at radius 1 is 0.977 bits per heavy atom. The van der Waals surface area contributed by atoms with Crippen LogP contribution in [-0.2, 0) is 16.1 Å². The lowest BCUT2D eigenvalue weighted by molar-refractivity contribution is -0.136. The Bertz CT molecular complexity index is 1570. The van der Waals surface area contributed by atoms with Gasteiger partial charge in [0.1, 0.15) is 6.04 Å². The van der Waals surface area contributed by atoms with Crippen LogP contribution in [0.2, 0.25) is 5.02 Å². The van der Waals surface area contributed by atoms with E-state index in [1.54, 1.807) is 17.7 Å². The van der Waals surface area contributed by atoms with Crippen molar-refractivity contribution in [2.24, 2.45) is 17.3 Å². The lowest BCUT2D eigenvalue weighted by Crippen LogP contribution is -2.52. The predicted molar refractivity (Wildman–Crippen MR) is 168 cm³/mol. The summed E-state index contributed by atoms with van der Waals surface area (Å²) in [5, 5.41) is 3.10. The summed E-state index contributed by atoms with van der Waals surface area (Å²) in [4.78, 5) is 56.7. The second-order valence-electron chi connectivity index (χ2n) is 14.1. The summed E-state index contributed by atoms with van der Waals surface area (Å²) in [7, 11) is 0. The molecule has 8 nitrogen and oxygen atoms in total. The zero-order valence-corrected chi connectivity index (χ0v) is 26.2. The molecule has 0 spiro atoms. The third kappa shape index (κ3) is 5.47. The van der Waals surface area contributed by atoms with Crippen LogP contribution in [0, 0.1) is 17.3 Å². The number of nitrogens with zero attached hydrogens (tertiary/aromatic N) is 3. The van der Waals surface area contributed by atoms with Gasteiger partial charge in [-0.3, -0.25) is 29.4 Å². The number of fused-ring (bicyclic) bond motifs is 2. The number of rotatable bonds is 5. The number of allylic oxidation sites excluding steroid dienone is 1. The van der Waals surface area contributed by atoms with Gasteiger partial charge in [-0.2, -0.15) is 0 Å². The van der Waals surface area contributed by atoms with Crippen molar-refractivity contribution in [1.82, 2.24) is 20.0 Å². The molecule has 4 amide bonds. The molecule has 44 heavy (non-hydrogen) atoms. The van der Waals surface area contributed by atoms with Crippen LogP contribution in [-0.4, -0.2) is 77.1 Å². The zero-order valence-electron chi connectivity index (χ0n) is 25.4. The van der Waals surface area contributed by atoms with Crippen molar-refractivity contribution in [3.8, 4) is 0 Å². The van der Waals surface area contributed by atoms with Gasteiger partial charge in [0.25, 0.3) is 11.8 Å². The lowest BCUT2D eigenvalue weighted by atomic mass is 9.72. The number of carbonyl (C=O) groups excluding carboxylic acids is 4. The largest absolute Gasteiger partial charge is 0.338 e. The summed E-state index contributed by atoms with van der Waals surface area (Å²) in [5.74, 6) is -0.0426. The van der Waals surface area contributed by atoms with E-state index < -0.39 is 11.9 Å².